The zero-order valence-corrected chi connectivity index (χ0v) is 22.7. The third kappa shape index (κ3) is 8.74. The summed E-state index contributed by atoms with van der Waals surface area (Å²) in [4.78, 5) is 29.0. The molecule has 4 rings (SSSR count). The van der Waals surface area contributed by atoms with Crippen molar-refractivity contribution in [2.45, 2.75) is 51.1 Å². The van der Waals surface area contributed by atoms with Crippen molar-refractivity contribution in [2.75, 3.05) is 20.3 Å². The monoisotopic (exact) mass is 526 g/mol. The molecule has 0 saturated carbocycles. The van der Waals surface area contributed by atoms with Gasteiger partial charge < -0.3 is 19.7 Å². The van der Waals surface area contributed by atoms with Crippen LogP contribution in [0.15, 0.2) is 96.6 Å². The lowest BCUT2D eigenvalue weighted by molar-refractivity contribution is -0.142. The summed E-state index contributed by atoms with van der Waals surface area (Å²) in [6.07, 6.45) is 8.21. The first-order valence-electron chi connectivity index (χ1n) is 13.7. The molecule has 0 bridgehead atoms. The molecule has 1 N–H and O–H groups in total. The second-order valence-corrected chi connectivity index (χ2v) is 9.83. The number of para-hydroxylation sites is 1. The minimum atomic E-state index is -0.693. The van der Waals surface area contributed by atoms with Crippen LogP contribution in [0.25, 0.3) is 0 Å². The van der Waals surface area contributed by atoms with E-state index in [1.165, 1.54) is 18.4 Å². The minimum Gasteiger partial charge on any atom is -0.497 e. The molecule has 1 aliphatic carbocycles. The molecule has 0 aromatic heterocycles. The van der Waals surface area contributed by atoms with Gasteiger partial charge in [0.15, 0.2) is 6.61 Å². The van der Waals surface area contributed by atoms with E-state index in [-0.39, 0.29) is 25.0 Å². The largest absolute Gasteiger partial charge is 0.497 e. The number of hydrogen-bond acceptors (Lipinski definition) is 4. The SMILES string of the molecule is COc1ccc(CN(C(=O)COc2ccccc2)C(Cc2ccccc2)C(=O)NCCC2=CCCCC2)cc1. The fourth-order valence-corrected chi connectivity index (χ4v) is 4.82. The average molecular weight is 527 g/mol. The van der Waals surface area contributed by atoms with Crippen LogP contribution in [0.3, 0.4) is 0 Å². The molecule has 3 aromatic carbocycles. The van der Waals surface area contributed by atoms with Gasteiger partial charge in [-0.05, 0) is 67.5 Å². The number of methoxy groups -OCH3 is 1. The van der Waals surface area contributed by atoms with Gasteiger partial charge in [0, 0.05) is 19.5 Å². The molecule has 0 saturated heterocycles. The molecule has 0 spiro atoms. The number of nitrogens with zero attached hydrogens (tertiary/aromatic N) is 1. The number of amides is 2. The number of rotatable bonds is 13. The molecular weight excluding hydrogens is 488 g/mol. The highest BCUT2D eigenvalue weighted by molar-refractivity contribution is 5.88. The Labute approximate surface area is 231 Å². The predicted molar refractivity (Wildman–Crippen MR) is 154 cm³/mol. The van der Waals surface area contributed by atoms with Crippen molar-refractivity contribution >= 4 is 11.8 Å². The standard InChI is InChI=1S/C33H38N2O4/c1-38-29-19-17-28(18-20-29)24-35(32(36)25-39-30-15-9-4-10-16-30)31(23-27-13-7-3-8-14-27)33(37)34-22-21-26-11-5-2-6-12-26/h3-4,7-11,13-20,31H,2,5-6,12,21-25H2,1H3,(H,34,37). The van der Waals surface area contributed by atoms with Gasteiger partial charge in [-0.15, -0.1) is 0 Å². The Kier molecular flexibility index (Phi) is 10.6. The molecule has 1 aliphatic rings. The van der Waals surface area contributed by atoms with Crippen LogP contribution < -0.4 is 14.8 Å². The van der Waals surface area contributed by atoms with Crippen LogP contribution in [-0.4, -0.2) is 43.0 Å². The number of carbonyl (C=O) groups is 2. The number of carbonyl (C=O) groups excluding carboxylic acids is 2. The third-order valence-electron chi connectivity index (χ3n) is 7.02. The normalized spacial score (nSPS) is 13.6. The van der Waals surface area contributed by atoms with E-state index in [0.717, 1.165) is 36.1 Å². The summed E-state index contributed by atoms with van der Waals surface area (Å²) in [7, 11) is 1.62. The number of benzene rings is 3. The van der Waals surface area contributed by atoms with Crippen LogP contribution in [0.1, 0.15) is 43.2 Å². The zero-order valence-electron chi connectivity index (χ0n) is 22.7. The van der Waals surface area contributed by atoms with Gasteiger partial charge in [0.2, 0.25) is 5.91 Å². The van der Waals surface area contributed by atoms with E-state index in [9.17, 15) is 9.59 Å². The second kappa shape index (κ2) is 14.8. The van der Waals surface area contributed by atoms with Crippen LogP contribution in [0.5, 0.6) is 11.5 Å². The van der Waals surface area contributed by atoms with Crippen molar-refractivity contribution in [3.8, 4) is 11.5 Å². The molecule has 0 aliphatic heterocycles. The van der Waals surface area contributed by atoms with Crippen LogP contribution in [0.2, 0.25) is 0 Å². The van der Waals surface area contributed by atoms with Crippen molar-refractivity contribution in [3.05, 3.63) is 108 Å². The lowest BCUT2D eigenvalue weighted by Crippen LogP contribution is -2.51. The molecule has 0 radical (unpaired) electrons. The summed E-state index contributed by atoms with van der Waals surface area (Å²) < 4.78 is 11.1. The van der Waals surface area contributed by atoms with E-state index in [0.29, 0.717) is 18.7 Å². The Balaban J connectivity index is 1.55. The van der Waals surface area contributed by atoms with E-state index in [1.54, 1.807) is 12.0 Å². The highest BCUT2D eigenvalue weighted by atomic mass is 16.5. The van der Waals surface area contributed by atoms with Gasteiger partial charge in [-0.25, -0.2) is 0 Å². The van der Waals surface area contributed by atoms with Gasteiger partial charge in [-0.3, -0.25) is 9.59 Å². The Morgan fingerprint density at radius 1 is 0.872 bits per heavy atom. The van der Waals surface area contributed by atoms with E-state index in [4.69, 9.17) is 9.47 Å². The van der Waals surface area contributed by atoms with E-state index < -0.39 is 6.04 Å². The highest BCUT2D eigenvalue weighted by Crippen LogP contribution is 2.21. The first kappa shape index (κ1) is 28.0. The number of nitrogens with one attached hydrogen (secondary N) is 1. The summed E-state index contributed by atoms with van der Waals surface area (Å²) in [5.41, 5.74) is 3.30. The summed E-state index contributed by atoms with van der Waals surface area (Å²) in [5, 5.41) is 3.13. The van der Waals surface area contributed by atoms with E-state index >= 15 is 0 Å². The molecule has 39 heavy (non-hydrogen) atoms. The Bertz CT molecular complexity index is 1210. The van der Waals surface area contributed by atoms with Crippen molar-refractivity contribution < 1.29 is 19.1 Å². The average Bonchev–Trinajstić information content (AvgIpc) is 2.99. The van der Waals surface area contributed by atoms with Gasteiger partial charge in [-0.1, -0.05) is 72.3 Å². The molecule has 3 aromatic rings. The van der Waals surface area contributed by atoms with Crippen molar-refractivity contribution in [2.24, 2.45) is 0 Å². The maximum Gasteiger partial charge on any atom is 0.261 e. The van der Waals surface area contributed by atoms with Gasteiger partial charge in [0.25, 0.3) is 5.91 Å². The zero-order chi connectivity index (χ0) is 27.3. The summed E-state index contributed by atoms with van der Waals surface area (Å²) >= 11 is 0. The smallest absolute Gasteiger partial charge is 0.261 e. The summed E-state index contributed by atoms with van der Waals surface area (Å²) in [6.45, 7) is 0.670. The molecule has 6 nitrogen and oxygen atoms in total. The van der Waals surface area contributed by atoms with Crippen molar-refractivity contribution in [1.82, 2.24) is 10.2 Å². The number of ether oxygens (including phenoxy) is 2. The Hall–Kier alpha value is -4.06. The maximum absolute atomic E-state index is 13.7. The predicted octanol–water partition coefficient (Wildman–Crippen LogP) is 5.72. The van der Waals surface area contributed by atoms with Gasteiger partial charge in [0.1, 0.15) is 17.5 Å². The quantitative estimate of drug-likeness (QED) is 0.289. The Morgan fingerprint density at radius 3 is 2.26 bits per heavy atom. The first-order chi connectivity index (χ1) is 19.1. The van der Waals surface area contributed by atoms with Gasteiger partial charge >= 0.3 is 0 Å². The first-order valence-corrected chi connectivity index (χ1v) is 13.7. The Morgan fingerprint density at radius 2 is 1.59 bits per heavy atom. The molecule has 0 heterocycles. The lowest BCUT2D eigenvalue weighted by Gasteiger charge is -2.31. The molecule has 1 unspecified atom stereocenters. The minimum absolute atomic E-state index is 0.156. The van der Waals surface area contributed by atoms with Gasteiger partial charge in [-0.2, -0.15) is 0 Å². The second-order valence-electron chi connectivity index (χ2n) is 9.83. The van der Waals surface area contributed by atoms with Crippen LogP contribution in [0, 0.1) is 0 Å². The van der Waals surface area contributed by atoms with Crippen LogP contribution in [0.4, 0.5) is 0 Å². The summed E-state index contributed by atoms with van der Waals surface area (Å²) in [5.74, 6) is 0.942. The van der Waals surface area contributed by atoms with E-state index in [2.05, 4.69) is 11.4 Å². The maximum atomic E-state index is 13.7. The molecular formula is C33H38N2O4. The molecule has 6 heteroatoms. The van der Waals surface area contributed by atoms with Gasteiger partial charge in [0.05, 0.1) is 7.11 Å². The van der Waals surface area contributed by atoms with Crippen molar-refractivity contribution in [1.29, 1.82) is 0 Å². The fourth-order valence-electron chi connectivity index (χ4n) is 4.82. The topological polar surface area (TPSA) is 67.9 Å². The molecule has 2 amide bonds. The van der Waals surface area contributed by atoms with E-state index in [1.807, 2.05) is 84.9 Å². The highest BCUT2D eigenvalue weighted by Gasteiger charge is 2.30. The molecule has 204 valence electrons. The number of hydrogen-bond donors (Lipinski definition) is 1. The molecule has 0 fully saturated rings. The third-order valence-corrected chi connectivity index (χ3v) is 7.02. The van der Waals surface area contributed by atoms with Crippen molar-refractivity contribution in [3.63, 3.8) is 0 Å². The molecule has 1 atom stereocenters. The van der Waals surface area contributed by atoms with Crippen LogP contribution >= 0.6 is 0 Å². The van der Waals surface area contributed by atoms with Crippen LogP contribution in [-0.2, 0) is 22.6 Å². The fraction of sp³-hybridized carbons (Fsp3) is 0.333. The lowest BCUT2D eigenvalue weighted by atomic mass is 9.97. The summed E-state index contributed by atoms with van der Waals surface area (Å²) in [6, 6.07) is 26.0. The number of allylic oxidation sites excluding steroid dienone is 1.